The molecule has 2 amide bonds. The third-order valence-electron chi connectivity index (χ3n) is 5.28. The number of carboxylic acids is 1. The van der Waals surface area contributed by atoms with E-state index in [1.54, 1.807) is 30.5 Å². The summed E-state index contributed by atoms with van der Waals surface area (Å²) in [4.78, 5) is 23.3. The average Bonchev–Trinajstić information content (AvgIpc) is 2.85. The third-order valence-corrected chi connectivity index (χ3v) is 5.28. The van der Waals surface area contributed by atoms with Gasteiger partial charge in [0.05, 0.1) is 11.8 Å². The molecule has 4 rings (SSSR count). The lowest BCUT2D eigenvalue weighted by Gasteiger charge is -2.12. The number of hydrazone groups is 1. The third kappa shape index (κ3) is 5.39. The zero-order valence-corrected chi connectivity index (χ0v) is 18.5. The normalized spacial score (nSPS) is 10.9. The number of ether oxygens (including phenoxy) is 1. The maximum absolute atomic E-state index is 12.3. The number of fused-ring (bicyclic) bond motifs is 1. The van der Waals surface area contributed by atoms with Gasteiger partial charge in [-0.25, -0.2) is 15.0 Å². The van der Waals surface area contributed by atoms with Gasteiger partial charge in [0, 0.05) is 11.3 Å². The summed E-state index contributed by atoms with van der Waals surface area (Å²) < 4.78 is 6.03. The number of aromatic carboxylic acids is 1. The van der Waals surface area contributed by atoms with Gasteiger partial charge in [0.1, 0.15) is 12.4 Å². The fourth-order valence-corrected chi connectivity index (χ4v) is 3.46. The summed E-state index contributed by atoms with van der Waals surface area (Å²) in [5.41, 5.74) is 5.92. The molecule has 0 heterocycles. The van der Waals surface area contributed by atoms with Gasteiger partial charge in [0.2, 0.25) is 0 Å². The highest BCUT2D eigenvalue weighted by Crippen LogP contribution is 2.27. The minimum absolute atomic E-state index is 0.220. The van der Waals surface area contributed by atoms with Crippen LogP contribution in [0.25, 0.3) is 10.8 Å². The van der Waals surface area contributed by atoms with Crippen molar-refractivity contribution in [2.75, 3.05) is 5.32 Å². The number of amides is 2. The van der Waals surface area contributed by atoms with Crippen molar-refractivity contribution in [3.63, 3.8) is 0 Å². The van der Waals surface area contributed by atoms with Gasteiger partial charge < -0.3 is 15.2 Å². The Morgan fingerprint density at radius 1 is 0.941 bits per heavy atom. The molecule has 0 aliphatic carbocycles. The lowest BCUT2D eigenvalue weighted by atomic mass is 10.0. The Labute approximate surface area is 196 Å². The Bertz CT molecular complexity index is 1360. The van der Waals surface area contributed by atoms with Crippen LogP contribution in [0.15, 0.2) is 90.0 Å². The minimum Gasteiger partial charge on any atom is -0.488 e. The SMILES string of the molecule is Cc1ccccc1NC(=O)NN=Cc1c(OCc2ccc(C(=O)O)cc2)ccc2ccccc12. The number of urea groups is 1. The predicted molar refractivity (Wildman–Crippen MR) is 133 cm³/mol. The number of hydrogen-bond acceptors (Lipinski definition) is 4. The summed E-state index contributed by atoms with van der Waals surface area (Å²) in [5, 5.41) is 17.9. The van der Waals surface area contributed by atoms with Crippen molar-refractivity contribution in [3.8, 4) is 5.75 Å². The molecule has 4 aromatic carbocycles. The highest BCUT2D eigenvalue weighted by atomic mass is 16.5. The molecule has 0 unspecified atom stereocenters. The standard InChI is InChI=1S/C27H23N3O4/c1-18-6-2-5-9-24(18)29-27(33)30-28-16-23-22-8-4-3-7-20(22)14-15-25(23)34-17-19-10-12-21(13-11-19)26(31)32/h2-16H,17H2,1H3,(H,31,32)(H2,29,30,33). The second-order valence-electron chi connectivity index (χ2n) is 7.63. The van der Waals surface area contributed by atoms with E-state index in [1.165, 1.54) is 0 Å². The van der Waals surface area contributed by atoms with Crippen molar-refractivity contribution in [3.05, 3.63) is 107 Å². The van der Waals surface area contributed by atoms with Crippen LogP contribution in [0.2, 0.25) is 0 Å². The molecule has 0 aliphatic heterocycles. The Kier molecular flexibility index (Phi) is 6.84. The van der Waals surface area contributed by atoms with Crippen LogP contribution in [-0.2, 0) is 6.61 Å². The summed E-state index contributed by atoms with van der Waals surface area (Å²) in [7, 11) is 0. The first-order valence-corrected chi connectivity index (χ1v) is 10.6. The summed E-state index contributed by atoms with van der Waals surface area (Å²) in [6.07, 6.45) is 1.56. The smallest absolute Gasteiger partial charge is 0.339 e. The Balaban J connectivity index is 1.52. The van der Waals surface area contributed by atoms with E-state index in [1.807, 2.05) is 67.6 Å². The van der Waals surface area contributed by atoms with E-state index in [0.29, 0.717) is 11.4 Å². The van der Waals surface area contributed by atoms with Crippen molar-refractivity contribution in [1.29, 1.82) is 0 Å². The van der Waals surface area contributed by atoms with E-state index in [9.17, 15) is 9.59 Å². The summed E-state index contributed by atoms with van der Waals surface area (Å²) in [5.74, 6) is -0.384. The molecule has 170 valence electrons. The molecule has 0 spiro atoms. The number of nitrogens with zero attached hydrogens (tertiary/aromatic N) is 1. The number of carboxylic acid groups (broad SMARTS) is 1. The predicted octanol–water partition coefficient (Wildman–Crippen LogP) is 5.58. The Morgan fingerprint density at radius 2 is 1.68 bits per heavy atom. The summed E-state index contributed by atoms with van der Waals surface area (Å²) in [6, 6.07) is 25.2. The fourth-order valence-electron chi connectivity index (χ4n) is 3.46. The summed E-state index contributed by atoms with van der Waals surface area (Å²) >= 11 is 0. The van der Waals surface area contributed by atoms with Gasteiger partial charge in [-0.3, -0.25) is 0 Å². The molecule has 34 heavy (non-hydrogen) atoms. The molecule has 0 fully saturated rings. The molecule has 7 heteroatoms. The monoisotopic (exact) mass is 453 g/mol. The van der Waals surface area contributed by atoms with Crippen LogP contribution in [0.1, 0.15) is 27.0 Å². The number of hydrogen-bond donors (Lipinski definition) is 3. The van der Waals surface area contributed by atoms with Gasteiger partial charge in [-0.1, -0.05) is 60.7 Å². The quantitative estimate of drug-likeness (QED) is 0.251. The minimum atomic E-state index is -0.973. The van der Waals surface area contributed by atoms with E-state index in [-0.39, 0.29) is 12.2 Å². The van der Waals surface area contributed by atoms with Crippen LogP contribution in [0.4, 0.5) is 10.5 Å². The van der Waals surface area contributed by atoms with Gasteiger partial charge in [-0.05, 0) is 53.1 Å². The van der Waals surface area contributed by atoms with Crippen LogP contribution in [0, 0.1) is 6.92 Å². The van der Waals surface area contributed by atoms with Gasteiger partial charge in [0.15, 0.2) is 0 Å². The Morgan fingerprint density at radius 3 is 2.44 bits per heavy atom. The first-order valence-electron chi connectivity index (χ1n) is 10.6. The topological polar surface area (TPSA) is 100 Å². The number of rotatable bonds is 7. The number of aryl methyl sites for hydroxylation is 1. The van der Waals surface area contributed by atoms with Gasteiger partial charge in [0.25, 0.3) is 0 Å². The van der Waals surface area contributed by atoms with Gasteiger partial charge in [-0.15, -0.1) is 0 Å². The summed E-state index contributed by atoms with van der Waals surface area (Å²) in [6.45, 7) is 2.16. The van der Waals surface area contributed by atoms with Gasteiger partial charge in [-0.2, -0.15) is 5.10 Å². The molecular weight excluding hydrogens is 430 g/mol. The van der Waals surface area contributed by atoms with E-state index < -0.39 is 12.0 Å². The van der Waals surface area contributed by atoms with Crippen LogP contribution >= 0.6 is 0 Å². The lowest BCUT2D eigenvalue weighted by Crippen LogP contribution is -2.24. The largest absolute Gasteiger partial charge is 0.488 e. The van der Waals surface area contributed by atoms with Crippen molar-refractivity contribution in [2.24, 2.45) is 5.10 Å². The highest BCUT2D eigenvalue weighted by Gasteiger charge is 2.09. The highest BCUT2D eigenvalue weighted by molar-refractivity contribution is 6.03. The van der Waals surface area contributed by atoms with Crippen LogP contribution in [-0.4, -0.2) is 23.3 Å². The molecule has 0 saturated carbocycles. The van der Waals surface area contributed by atoms with Crippen molar-refractivity contribution >= 4 is 34.7 Å². The van der Waals surface area contributed by atoms with Gasteiger partial charge >= 0.3 is 12.0 Å². The van der Waals surface area contributed by atoms with E-state index in [4.69, 9.17) is 9.84 Å². The van der Waals surface area contributed by atoms with Crippen LogP contribution in [0.5, 0.6) is 5.75 Å². The Hall–Kier alpha value is -4.65. The number of benzene rings is 4. The molecular formula is C27H23N3O4. The van der Waals surface area contributed by atoms with Crippen LogP contribution in [0.3, 0.4) is 0 Å². The number of carbonyl (C=O) groups excluding carboxylic acids is 1. The zero-order chi connectivity index (χ0) is 23.9. The molecule has 0 bridgehead atoms. The number of anilines is 1. The maximum atomic E-state index is 12.3. The molecule has 0 saturated heterocycles. The lowest BCUT2D eigenvalue weighted by molar-refractivity contribution is 0.0696. The number of para-hydroxylation sites is 1. The first-order chi connectivity index (χ1) is 16.5. The second-order valence-corrected chi connectivity index (χ2v) is 7.63. The average molecular weight is 453 g/mol. The number of carbonyl (C=O) groups is 2. The first kappa shape index (κ1) is 22.5. The molecule has 3 N–H and O–H groups in total. The fraction of sp³-hybridized carbons (Fsp3) is 0.0741. The van der Waals surface area contributed by atoms with E-state index >= 15 is 0 Å². The van der Waals surface area contributed by atoms with Crippen LogP contribution < -0.4 is 15.5 Å². The second kappa shape index (κ2) is 10.3. The zero-order valence-electron chi connectivity index (χ0n) is 18.5. The molecule has 0 radical (unpaired) electrons. The molecule has 7 nitrogen and oxygen atoms in total. The van der Waals surface area contributed by atoms with Crippen molar-refractivity contribution < 1.29 is 19.4 Å². The van der Waals surface area contributed by atoms with E-state index in [0.717, 1.165) is 27.5 Å². The maximum Gasteiger partial charge on any atom is 0.339 e. The molecule has 0 atom stereocenters. The van der Waals surface area contributed by atoms with Crippen molar-refractivity contribution in [1.82, 2.24) is 5.43 Å². The molecule has 4 aromatic rings. The number of nitrogens with one attached hydrogen (secondary N) is 2. The molecule has 0 aromatic heterocycles. The molecule has 0 aliphatic rings. The van der Waals surface area contributed by atoms with Crippen molar-refractivity contribution in [2.45, 2.75) is 13.5 Å². The van der Waals surface area contributed by atoms with E-state index in [2.05, 4.69) is 15.8 Å².